The molecule has 0 bridgehead atoms. The van der Waals surface area contributed by atoms with Crippen molar-refractivity contribution in [3.63, 3.8) is 0 Å². The van der Waals surface area contributed by atoms with Crippen molar-refractivity contribution in [1.29, 1.82) is 0 Å². The molecule has 11 heteroatoms. The molecule has 0 saturated carbocycles. The molecule has 3 atom stereocenters. The number of aliphatic hydroxyl groups excluding tert-OH is 1. The quantitative estimate of drug-likeness (QED) is 0.817. The molecule has 1 fully saturated rings. The maximum absolute atomic E-state index is 13.0. The van der Waals surface area contributed by atoms with Gasteiger partial charge in [-0.3, -0.25) is 0 Å². The normalized spacial score (nSPS) is 21.8. The van der Waals surface area contributed by atoms with E-state index in [4.69, 9.17) is 4.74 Å². The second-order valence-electron chi connectivity index (χ2n) is 5.21. The van der Waals surface area contributed by atoms with Crippen LogP contribution >= 0.6 is 0 Å². The third-order valence-corrected chi connectivity index (χ3v) is 3.50. The van der Waals surface area contributed by atoms with Gasteiger partial charge in [0.1, 0.15) is 18.8 Å². The van der Waals surface area contributed by atoms with Gasteiger partial charge in [-0.25, -0.2) is 14.5 Å². The Morgan fingerprint density at radius 3 is 2.87 bits per heavy atom. The lowest BCUT2D eigenvalue weighted by Gasteiger charge is -2.34. The van der Waals surface area contributed by atoms with E-state index in [1.165, 1.54) is 11.8 Å². The fourth-order valence-corrected chi connectivity index (χ4v) is 2.19. The van der Waals surface area contributed by atoms with Crippen molar-refractivity contribution >= 4 is 6.03 Å². The Balaban J connectivity index is 1.94. The largest absolute Gasteiger partial charge is 0.412 e. The van der Waals surface area contributed by atoms with Crippen molar-refractivity contribution in [2.75, 3.05) is 26.2 Å². The van der Waals surface area contributed by atoms with Crippen LogP contribution in [0.3, 0.4) is 0 Å². The Kier molecular flexibility index (Phi) is 5.42. The third kappa shape index (κ3) is 4.55. The summed E-state index contributed by atoms with van der Waals surface area (Å²) >= 11 is 0. The Bertz CT molecular complexity index is 509. The van der Waals surface area contributed by atoms with Gasteiger partial charge >= 0.3 is 12.2 Å². The minimum atomic E-state index is -4.58. The van der Waals surface area contributed by atoms with E-state index in [1.54, 1.807) is 0 Å². The number of urea groups is 1. The zero-order chi connectivity index (χ0) is 17.0. The van der Waals surface area contributed by atoms with Gasteiger partial charge in [0.25, 0.3) is 0 Å². The fourth-order valence-electron chi connectivity index (χ4n) is 2.19. The smallest absolute Gasteiger partial charge is 0.391 e. The van der Waals surface area contributed by atoms with E-state index in [-0.39, 0.29) is 19.7 Å². The number of aromatic nitrogens is 3. The van der Waals surface area contributed by atoms with Crippen LogP contribution in [0.25, 0.3) is 0 Å². The molecule has 1 aliphatic heterocycles. The van der Waals surface area contributed by atoms with E-state index in [0.29, 0.717) is 4.68 Å². The highest BCUT2D eigenvalue weighted by Gasteiger charge is 2.42. The van der Waals surface area contributed by atoms with E-state index < -0.39 is 37.0 Å². The molecule has 130 valence electrons. The van der Waals surface area contributed by atoms with Gasteiger partial charge in [-0.2, -0.15) is 18.3 Å². The van der Waals surface area contributed by atoms with Crippen LogP contribution in [0.2, 0.25) is 0 Å². The van der Waals surface area contributed by atoms with Crippen LogP contribution in [-0.2, 0) is 4.74 Å². The second kappa shape index (κ2) is 7.13. The molecule has 0 spiro atoms. The first-order valence-electron chi connectivity index (χ1n) is 7.02. The predicted molar refractivity (Wildman–Crippen MR) is 71.5 cm³/mol. The molecule has 8 nitrogen and oxygen atoms in total. The van der Waals surface area contributed by atoms with E-state index in [2.05, 4.69) is 15.4 Å². The first kappa shape index (κ1) is 17.5. The number of nitrogens with one attached hydrogen (secondary N) is 1. The Morgan fingerprint density at radius 2 is 2.30 bits per heavy atom. The highest BCUT2D eigenvalue weighted by molar-refractivity contribution is 5.74. The van der Waals surface area contributed by atoms with Crippen LogP contribution in [-0.4, -0.2) is 75.4 Å². The maximum atomic E-state index is 13.0. The van der Waals surface area contributed by atoms with Crippen LogP contribution in [0.5, 0.6) is 0 Å². The predicted octanol–water partition coefficient (Wildman–Crippen LogP) is 0.173. The zero-order valence-electron chi connectivity index (χ0n) is 12.4. The third-order valence-electron chi connectivity index (χ3n) is 3.50. The number of hydrogen-bond donors (Lipinski definition) is 2. The van der Waals surface area contributed by atoms with Gasteiger partial charge in [0.2, 0.25) is 0 Å². The lowest BCUT2D eigenvalue weighted by molar-refractivity contribution is -0.168. The number of amides is 2. The Hall–Kier alpha value is -1.88. The van der Waals surface area contributed by atoms with Crippen molar-refractivity contribution < 1.29 is 27.8 Å². The zero-order valence-corrected chi connectivity index (χ0v) is 12.4. The van der Waals surface area contributed by atoms with Gasteiger partial charge in [0, 0.05) is 6.54 Å². The lowest BCUT2D eigenvalue weighted by atomic mass is 10.2. The molecule has 0 aromatic carbocycles. The summed E-state index contributed by atoms with van der Waals surface area (Å²) in [5, 5.41) is 15.2. The minimum Gasteiger partial charge on any atom is -0.391 e. The molecule has 1 aliphatic rings. The van der Waals surface area contributed by atoms with Crippen LogP contribution in [0.15, 0.2) is 12.7 Å². The van der Waals surface area contributed by atoms with Gasteiger partial charge in [0.15, 0.2) is 6.04 Å². The van der Waals surface area contributed by atoms with E-state index in [9.17, 15) is 23.1 Å². The molecule has 1 aromatic rings. The number of aliphatic hydroxyl groups is 1. The van der Waals surface area contributed by atoms with Crippen molar-refractivity contribution in [3.05, 3.63) is 12.7 Å². The van der Waals surface area contributed by atoms with E-state index in [0.717, 1.165) is 12.7 Å². The molecule has 3 unspecified atom stereocenters. The number of nitrogens with zero attached hydrogens (tertiary/aromatic N) is 4. The highest BCUT2D eigenvalue weighted by Crippen LogP contribution is 2.29. The molecular weight excluding hydrogens is 319 g/mol. The molecule has 23 heavy (non-hydrogen) atoms. The monoisotopic (exact) mass is 337 g/mol. The molecule has 1 saturated heterocycles. The summed E-state index contributed by atoms with van der Waals surface area (Å²) in [6.07, 6.45) is -3.96. The SMILES string of the molecule is CC(O)C1CN(C(=O)NCC(n2cncn2)C(F)(F)F)CCO1. The lowest BCUT2D eigenvalue weighted by Crippen LogP contribution is -2.53. The number of morpholine rings is 1. The number of hydrogen-bond acceptors (Lipinski definition) is 5. The number of alkyl halides is 3. The highest BCUT2D eigenvalue weighted by atomic mass is 19.4. The van der Waals surface area contributed by atoms with Crippen molar-refractivity contribution in [2.45, 2.75) is 31.3 Å². The number of carbonyl (C=O) groups is 1. The molecule has 2 heterocycles. The summed E-state index contributed by atoms with van der Waals surface area (Å²) in [5.41, 5.74) is 0. The van der Waals surface area contributed by atoms with Gasteiger partial charge in [-0.05, 0) is 6.92 Å². The standard InChI is InChI=1S/C12H18F3N5O3/c1-8(21)9-5-19(2-3-23-9)11(22)17-4-10(12(13,14)15)20-7-16-6-18-20/h6-10,21H,2-5H2,1H3,(H,17,22). The van der Waals surface area contributed by atoms with Crippen LogP contribution in [0.1, 0.15) is 13.0 Å². The Labute approximate surface area is 130 Å². The molecular formula is C12H18F3N5O3. The van der Waals surface area contributed by atoms with Crippen LogP contribution in [0.4, 0.5) is 18.0 Å². The minimum absolute atomic E-state index is 0.115. The molecule has 0 aliphatic carbocycles. The summed E-state index contributed by atoms with van der Waals surface area (Å²) in [6, 6.07) is -2.64. The molecule has 2 rings (SSSR count). The number of halogens is 3. The fraction of sp³-hybridized carbons (Fsp3) is 0.750. The van der Waals surface area contributed by atoms with E-state index >= 15 is 0 Å². The summed E-state index contributed by atoms with van der Waals surface area (Å²) in [6.45, 7) is 1.44. The average Bonchev–Trinajstić information content (AvgIpc) is 3.00. The number of ether oxygens (including phenoxy) is 1. The van der Waals surface area contributed by atoms with Gasteiger partial charge in [-0.1, -0.05) is 0 Å². The molecule has 2 N–H and O–H groups in total. The van der Waals surface area contributed by atoms with Crippen molar-refractivity contribution in [2.24, 2.45) is 0 Å². The van der Waals surface area contributed by atoms with Crippen LogP contribution in [0, 0.1) is 0 Å². The Morgan fingerprint density at radius 1 is 1.57 bits per heavy atom. The van der Waals surface area contributed by atoms with Gasteiger partial charge < -0.3 is 20.1 Å². The topological polar surface area (TPSA) is 92.5 Å². The second-order valence-corrected chi connectivity index (χ2v) is 5.21. The number of rotatable bonds is 4. The van der Waals surface area contributed by atoms with Crippen molar-refractivity contribution in [3.8, 4) is 0 Å². The summed E-state index contributed by atoms with van der Waals surface area (Å²) in [5.74, 6) is 0. The van der Waals surface area contributed by atoms with Crippen molar-refractivity contribution in [1.82, 2.24) is 25.0 Å². The summed E-state index contributed by atoms with van der Waals surface area (Å²) < 4.78 is 45.0. The van der Waals surface area contributed by atoms with Crippen LogP contribution < -0.4 is 5.32 Å². The number of carbonyl (C=O) groups excluding carboxylic acids is 1. The first-order valence-corrected chi connectivity index (χ1v) is 7.02. The molecule has 0 radical (unpaired) electrons. The maximum Gasteiger partial charge on any atom is 0.412 e. The summed E-state index contributed by atoms with van der Waals surface area (Å²) in [7, 11) is 0. The molecule has 2 amide bonds. The first-order chi connectivity index (χ1) is 10.8. The molecule has 1 aromatic heterocycles. The van der Waals surface area contributed by atoms with Gasteiger partial charge in [0.05, 0.1) is 25.8 Å². The van der Waals surface area contributed by atoms with E-state index in [1.807, 2.05) is 0 Å². The van der Waals surface area contributed by atoms with Gasteiger partial charge in [-0.15, -0.1) is 0 Å². The average molecular weight is 337 g/mol. The summed E-state index contributed by atoms with van der Waals surface area (Å²) in [4.78, 5) is 16.8.